The van der Waals surface area contributed by atoms with Crippen LogP contribution in [0.5, 0.6) is 5.75 Å². The largest absolute Gasteiger partial charge is 0.494 e. The van der Waals surface area contributed by atoms with E-state index in [-0.39, 0.29) is 17.9 Å². The fourth-order valence-corrected chi connectivity index (χ4v) is 3.34. The molecule has 1 aromatic heterocycles. The van der Waals surface area contributed by atoms with Crippen LogP contribution in [0.3, 0.4) is 0 Å². The first-order valence-electron chi connectivity index (χ1n) is 8.39. The first-order valence-corrected chi connectivity index (χ1v) is 8.39. The van der Waals surface area contributed by atoms with E-state index >= 15 is 0 Å². The van der Waals surface area contributed by atoms with Gasteiger partial charge in [-0.05, 0) is 37.1 Å². The van der Waals surface area contributed by atoms with Crippen LogP contribution in [-0.2, 0) is 0 Å². The molecule has 1 aliphatic rings. The predicted octanol–water partition coefficient (Wildman–Crippen LogP) is 3.96. The molecule has 1 aliphatic heterocycles. The number of rotatable bonds is 4. The second-order valence-corrected chi connectivity index (χ2v) is 6.00. The Kier molecular flexibility index (Phi) is 4.09. The summed E-state index contributed by atoms with van der Waals surface area (Å²) in [6.07, 6.45) is 2.32. The van der Waals surface area contributed by atoms with Crippen molar-refractivity contribution in [1.29, 1.82) is 0 Å². The third kappa shape index (κ3) is 2.95. The zero-order valence-electron chi connectivity index (χ0n) is 13.9. The third-order valence-corrected chi connectivity index (χ3v) is 4.48. The van der Waals surface area contributed by atoms with Gasteiger partial charge in [0.2, 0.25) is 5.95 Å². The van der Waals surface area contributed by atoms with Gasteiger partial charge in [0.1, 0.15) is 17.9 Å². The van der Waals surface area contributed by atoms with Gasteiger partial charge in [-0.1, -0.05) is 30.3 Å². The Balaban J connectivity index is 1.74. The molecule has 25 heavy (non-hydrogen) atoms. The highest BCUT2D eigenvalue weighted by atomic mass is 19.1. The van der Waals surface area contributed by atoms with Crippen molar-refractivity contribution in [1.82, 2.24) is 14.8 Å². The number of fused-ring (bicyclic) bond motifs is 1. The van der Waals surface area contributed by atoms with E-state index in [0.717, 1.165) is 23.3 Å². The molecule has 3 aromatic rings. The van der Waals surface area contributed by atoms with E-state index in [9.17, 15) is 4.39 Å². The fraction of sp³-hybridized carbons (Fsp3) is 0.263. The molecule has 1 N–H and O–H groups in total. The average molecular weight is 338 g/mol. The zero-order valence-corrected chi connectivity index (χ0v) is 13.9. The van der Waals surface area contributed by atoms with Crippen molar-refractivity contribution in [2.75, 3.05) is 11.9 Å². The Morgan fingerprint density at radius 3 is 2.80 bits per heavy atom. The second-order valence-electron chi connectivity index (χ2n) is 6.00. The Labute approximate surface area is 145 Å². The first kappa shape index (κ1) is 15.6. The van der Waals surface area contributed by atoms with Gasteiger partial charge in [-0.3, -0.25) is 0 Å². The van der Waals surface area contributed by atoms with Gasteiger partial charge in [0.15, 0.2) is 0 Å². The van der Waals surface area contributed by atoms with Crippen LogP contribution < -0.4 is 10.1 Å². The molecule has 4 rings (SSSR count). The lowest BCUT2D eigenvalue weighted by molar-refractivity contribution is 0.325. The molecule has 0 bridgehead atoms. The van der Waals surface area contributed by atoms with Gasteiger partial charge in [0, 0.05) is 5.56 Å². The van der Waals surface area contributed by atoms with Crippen LogP contribution >= 0.6 is 0 Å². The van der Waals surface area contributed by atoms with Crippen molar-refractivity contribution in [3.63, 3.8) is 0 Å². The highest BCUT2D eigenvalue weighted by molar-refractivity contribution is 5.42. The minimum atomic E-state index is -0.235. The van der Waals surface area contributed by atoms with Crippen LogP contribution in [0.1, 0.15) is 36.6 Å². The molecule has 0 fully saturated rings. The Morgan fingerprint density at radius 1 is 1.20 bits per heavy atom. The summed E-state index contributed by atoms with van der Waals surface area (Å²) in [5.41, 5.74) is 2.10. The van der Waals surface area contributed by atoms with Gasteiger partial charge in [-0.25, -0.2) is 9.07 Å². The molecule has 128 valence electrons. The Hall–Kier alpha value is -2.89. The normalized spacial score (nSPS) is 19.1. The summed E-state index contributed by atoms with van der Waals surface area (Å²) in [4.78, 5) is 4.33. The van der Waals surface area contributed by atoms with E-state index in [1.54, 1.807) is 6.33 Å². The number of aromatic nitrogens is 3. The molecule has 0 unspecified atom stereocenters. The molecular weight excluding hydrogens is 319 g/mol. The monoisotopic (exact) mass is 338 g/mol. The number of hydrogen-bond donors (Lipinski definition) is 1. The molecule has 0 aliphatic carbocycles. The predicted molar refractivity (Wildman–Crippen MR) is 93.2 cm³/mol. The SMILES string of the molecule is CCOc1ccccc1[C@H]1C[C@H](c2ccc(F)cc2)Nc2ncnn21. The molecule has 6 heteroatoms. The van der Waals surface area contributed by atoms with Gasteiger partial charge in [0.05, 0.1) is 18.7 Å². The summed E-state index contributed by atoms with van der Waals surface area (Å²) >= 11 is 0. The van der Waals surface area contributed by atoms with Crippen molar-refractivity contribution in [3.8, 4) is 5.75 Å². The number of nitrogens with one attached hydrogen (secondary N) is 1. The van der Waals surface area contributed by atoms with E-state index in [1.165, 1.54) is 12.1 Å². The van der Waals surface area contributed by atoms with Crippen LogP contribution in [0.15, 0.2) is 54.9 Å². The van der Waals surface area contributed by atoms with Crippen molar-refractivity contribution >= 4 is 5.95 Å². The molecule has 0 saturated carbocycles. The Bertz CT molecular complexity index is 862. The molecule has 2 heterocycles. The topological polar surface area (TPSA) is 52.0 Å². The lowest BCUT2D eigenvalue weighted by Crippen LogP contribution is -2.28. The van der Waals surface area contributed by atoms with Crippen LogP contribution in [0.25, 0.3) is 0 Å². The lowest BCUT2D eigenvalue weighted by atomic mass is 9.93. The van der Waals surface area contributed by atoms with Crippen LogP contribution in [0.4, 0.5) is 10.3 Å². The first-order chi connectivity index (χ1) is 12.3. The van der Waals surface area contributed by atoms with Gasteiger partial charge in [-0.15, -0.1) is 0 Å². The molecular formula is C19H19FN4O. The number of hydrogen-bond acceptors (Lipinski definition) is 4. The minimum Gasteiger partial charge on any atom is -0.494 e. The van der Waals surface area contributed by atoms with Gasteiger partial charge < -0.3 is 10.1 Å². The number of ether oxygens (including phenoxy) is 1. The maximum atomic E-state index is 13.3. The number of benzene rings is 2. The summed E-state index contributed by atoms with van der Waals surface area (Å²) < 4.78 is 21.0. The molecule has 2 atom stereocenters. The highest BCUT2D eigenvalue weighted by Crippen LogP contribution is 2.40. The van der Waals surface area contributed by atoms with Gasteiger partial charge in [-0.2, -0.15) is 10.1 Å². The molecule has 0 amide bonds. The maximum absolute atomic E-state index is 13.3. The molecule has 5 nitrogen and oxygen atoms in total. The number of para-hydroxylation sites is 1. The zero-order chi connectivity index (χ0) is 17.2. The number of halogens is 1. The van der Waals surface area contributed by atoms with E-state index in [1.807, 2.05) is 41.9 Å². The second kappa shape index (κ2) is 6.55. The Morgan fingerprint density at radius 2 is 2.00 bits per heavy atom. The van der Waals surface area contributed by atoms with Crippen LogP contribution in [0, 0.1) is 5.82 Å². The minimum absolute atomic E-state index is 0.00319. The number of anilines is 1. The van der Waals surface area contributed by atoms with Crippen LogP contribution in [0.2, 0.25) is 0 Å². The maximum Gasteiger partial charge on any atom is 0.222 e. The lowest BCUT2D eigenvalue weighted by Gasteiger charge is -2.32. The summed E-state index contributed by atoms with van der Waals surface area (Å²) in [6.45, 7) is 2.58. The standard InChI is InChI=1S/C19H19FN4O/c1-2-25-18-6-4-3-5-15(18)17-11-16(13-7-9-14(20)10-8-13)23-19-21-12-22-24(17)19/h3-10,12,16-17H,2,11H2,1H3,(H,21,22,23)/t16-,17-/m1/s1. The van der Waals surface area contributed by atoms with E-state index < -0.39 is 0 Å². The van der Waals surface area contributed by atoms with Crippen molar-refractivity contribution in [2.45, 2.75) is 25.4 Å². The molecule has 0 radical (unpaired) electrons. The van der Waals surface area contributed by atoms with Crippen molar-refractivity contribution in [2.24, 2.45) is 0 Å². The summed E-state index contributed by atoms with van der Waals surface area (Å²) in [7, 11) is 0. The van der Waals surface area contributed by atoms with Gasteiger partial charge in [0.25, 0.3) is 0 Å². The van der Waals surface area contributed by atoms with E-state index in [4.69, 9.17) is 4.74 Å². The van der Waals surface area contributed by atoms with Crippen molar-refractivity contribution < 1.29 is 9.13 Å². The highest BCUT2D eigenvalue weighted by Gasteiger charge is 2.31. The fourth-order valence-electron chi connectivity index (χ4n) is 3.34. The van der Waals surface area contributed by atoms with Crippen molar-refractivity contribution in [3.05, 3.63) is 71.8 Å². The number of nitrogens with zero attached hydrogens (tertiary/aromatic N) is 3. The summed E-state index contributed by atoms with van der Waals surface area (Å²) in [6, 6.07) is 14.6. The van der Waals surface area contributed by atoms with Crippen LogP contribution in [-0.4, -0.2) is 21.4 Å². The quantitative estimate of drug-likeness (QED) is 0.782. The van der Waals surface area contributed by atoms with Gasteiger partial charge >= 0.3 is 0 Å². The summed E-state index contributed by atoms with van der Waals surface area (Å²) in [5, 5.41) is 7.78. The average Bonchev–Trinajstić information content (AvgIpc) is 3.11. The van der Waals surface area contributed by atoms with E-state index in [2.05, 4.69) is 21.5 Å². The van der Waals surface area contributed by atoms with E-state index in [0.29, 0.717) is 12.6 Å². The molecule has 0 saturated heterocycles. The molecule has 0 spiro atoms. The third-order valence-electron chi connectivity index (χ3n) is 4.48. The molecule has 2 aromatic carbocycles. The smallest absolute Gasteiger partial charge is 0.222 e. The summed E-state index contributed by atoms with van der Waals surface area (Å²) in [5.74, 6) is 1.33.